The summed E-state index contributed by atoms with van der Waals surface area (Å²) in [4.78, 5) is 11.8. The molecule has 2 aromatic carbocycles. The van der Waals surface area contributed by atoms with E-state index in [0.717, 1.165) is 22.1 Å². The first-order valence-corrected chi connectivity index (χ1v) is 7.12. The molecule has 0 aliphatic carbocycles. The molecule has 1 atom stereocenters. The molecule has 3 heteroatoms. The summed E-state index contributed by atoms with van der Waals surface area (Å²) in [5.41, 5.74) is 1.10. The van der Waals surface area contributed by atoms with Crippen molar-refractivity contribution in [3.05, 3.63) is 54.6 Å². The third-order valence-corrected chi connectivity index (χ3v) is 3.52. The number of fused-ring (bicyclic) bond motifs is 1. The summed E-state index contributed by atoms with van der Waals surface area (Å²) < 4.78 is 5.23. The Kier molecular flexibility index (Phi) is 4.99. The molecule has 0 unspecified atom stereocenters. The van der Waals surface area contributed by atoms with E-state index in [2.05, 4.69) is 24.0 Å². The highest BCUT2D eigenvalue weighted by molar-refractivity contribution is 5.85. The molecule has 21 heavy (non-hydrogen) atoms. The fourth-order valence-corrected chi connectivity index (χ4v) is 2.27. The van der Waals surface area contributed by atoms with Crippen molar-refractivity contribution in [2.45, 2.75) is 25.8 Å². The van der Waals surface area contributed by atoms with Crippen molar-refractivity contribution in [2.24, 2.45) is 0 Å². The Labute approximate surface area is 125 Å². The van der Waals surface area contributed by atoms with E-state index in [4.69, 9.17) is 4.74 Å². The van der Waals surface area contributed by atoms with Gasteiger partial charge in [-0.2, -0.15) is 0 Å². The van der Waals surface area contributed by atoms with Gasteiger partial charge in [-0.1, -0.05) is 24.3 Å². The number of carbonyl (C=O) groups is 1. The molecule has 0 bridgehead atoms. The molecule has 3 nitrogen and oxygen atoms in total. The molecule has 0 fully saturated rings. The minimum Gasteiger partial charge on any atom is -0.497 e. The second-order valence-corrected chi connectivity index (χ2v) is 5.09. The smallest absolute Gasteiger partial charge is 0.220 e. The van der Waals surface area contributed by atoms with Gasteiger partial charge in [0.1, 0.15) is 5.75 Å². The van der Waals surface area contributed by atoms with Gasteiger partial charge in [-0.05, 0) is 47.9 Å². The Balaban J connectivity index is 2.14. The van der Waals surface area contributed by atoms with Gasteiger partial charge in [0, 0.05) is 6.42 Å². The van der Waals surface area contributed by atoms with Crippen molar-refractivity contribution in [1.29, 1.82) is 0 Å². The Morgan fingerprint density at radius 1 is 1.29 bits per heavy atom. The maximum absolute atomic E-state index is 11.8. The molecule has 0 aliphatic heterocycles. The first-order chi connectivity index (χ1) is 10.1. The van der Waals surface area contributed by atoms with E-state index in [9.17, 15) is 4.79 Å². The van der Waals surface area contributed by atoms with Gasteiger partial charge in [0.25, 0.3) is 0 Å². The maximum atomic E-state index is 11.8. The van der Waals surface area contributed by atoms with Gasteiger partial charge < -0.3 is 10.1 Å². The number of hydrogen-bond acceptors (Lipinski definition) is 2. The Morgan fingerprint density at radius 2 is 2.00 bits per heavy atom. The third kappa shape index (κ3) is 3.85. The number of benzene rings is 2. The van der Waals surface area contributed by atoms with Gasteiger partial charge in [0.15, 0.2) is 0 Å². The minimum absolute atomic E-state index is 0.00573. The molecule has 1 N–H and O–H groups in total. The third-order valence-electron chi connectivity index (χ3n) is 3.52. The van der Waals surface area contributed by atoms with Crippen LogP contribution in [0.2, 0.25) is 0 Å². The van der Waals surface area contributed by atoms with Crippen LogP contribution in [0.3, 0.4) is 0 Å². The highest BCUT2D eigenvalue weighted by Gasteiger charge is 2.09. The molecular formula is C18H21NO2. The van der Waals surface area contributed by atoms with Crippen LogP contribution in [0.4, 0.5) is 0 Å². The molecule has 0 saturated carbocycles. The van der Waals surface area contributed by atoms with E-state index in [-0.39, 0.29) is 11.9 Å². The van der Waals surface area contributed by atoms with Crippen molar-refractivity contribution >= 4 is 16.7 Å². The second-order valence-electron chi connectivity index (χ2n) is 5.09. The zero-order chi connectivity index (χ0) is 15.2. The van der Waals surface area contributed by atoms with Crippen molar-refractivity contribution < 1.29 is 9.53 Å². The Hall–Kier alpha value is -2.29. The summed E-state index contributed by atoms with van der Waals surface area (Å²) >= 11 is 0. The van der Waals surface area contributed by atoms with E-state index in [1.54, 1.807) is 13.2 Å². The van der Waals surface area contributed by atoms with Crippen LogP contribution in [0.5, 0.6) is 5.75 Å². The van der Waals surface area contributed by atoms with Crippen LogP contribution in [0.25, 0.3) is 10.8 Å². The van der Waals surface area contributed by atoms with Crippen LogP contribution < -0.4 is 10.1 Å². The van der Waals surface area contributed by atoms with Crippen LogP contribution >= 0.6 is 0 Å². The van der Waals surface area contributed by atoms with Crippen molar-refractivity contribution in [3.8, 4) is 5.75 Å². The molecule has 0 saturated heterocycles. The average Bonchev–Trinajstić information content (AvgIpc) is 2.51. The summed E-state index contributed by atoms with van der Waals surface area (Å²) in [5.74, 6) is 0.901. The van der Waals surface area contributed by atoms with Crippen LogP contribution in [0.1, 0.15) is 31.4 Å². The molecule has 1 amide bonds. The predicted molar refractivity (Wildman–Crippen MR) is 86.5 cm³/mol. The number of carbonyl (C=O) groups excluding carboxylic acids is 1. The number of ether oxygens (including phenoxy) is 1. The molecule has 0 aliphatic rings. The summed E-state index contributed by atoms with van der Waals surface area (Å²) in [6.45, 7) is 5.62. The Morgan fingerprint density at radius 3 is 2.71 bits per heavy atom. The molecule has 110 valence electrons. The molecule has 0 heterocycles. The number of rotatable bonds is 6. The van der Waals surface area contributed by atoms with Gasteiger partial charge in [-0.25, -0.2) is 0 Å². The first-order valence-electron chi connectivity index (χ1n) is 7.12. The van der Waals surface area contributed by atoms with Gasteiger partial charge in [-0.3, -0.25) is 4.79 Å². The normalized spacial score (nSPS) is 11.9. The van der Waals surface area contributed by atoms with E-state index in [1.165, 1.54) is 0 Å². The van der Waals surface area contributed by atoms with Crippen molar-refractivity contribution in [3.63, 3.8) is 0 Å². The van der Waals surface area contributed by atoms with E-state index < -0.39 is 0 Å². The average molecular weight is 283 g/mol. The molecule has 0 aromatic heterocycles. The molecule has 2 aromatic rings. The van der Waals surface area contributed by atoms with Gasteiger partial charge in [-0.15, -0.1) is 6.58 Å². The Bertz CT molecular complexity index is 649. The topological polar surface area (TPSA) is 38.3 Å². The van der Waals surface area contributed by atoms with E-state index in [0.29, 0.717) is 12.8 Å². The summed E-state index contributed by atoms with van der Waals surface area (Å²) in [6.07, 6.45) is 2.95. The van der Waals surface area contributed by atoms with Crippen LogP contribution in [0.15, 0.2) is 49.1 Å². The fourth-order valence-electron chi connectivity index (χ4n) is 2.27. The summed E-state index contributed by atoms with van der Waals surface area (Å²) in [6, 6.07) is 12.2. The van der Waals surface area contributed by atoms with E-state index in [1.807, 2.05) is 31.2 Å². The lowest BCUT2D eigenvalue weighted by atomic mass is 10.0. The highest BCUT2D eigenvalue weighted by atomic mass is 16.5. The number of allylic oxidation sites excluding steroid dienone is 1. The predicted octanol–water partition coefficient (Wildman–Crippen LogP) is 3.99. The van der Waals surface area contributed by atoms with Crippen molar-refractivity contribution in [2.75, 3.05) is 7.11 Å². The standard InChI is InChI=1S/C18H21NO2/c1-4-5-6-18(20)19-13(2)14-7-8-16-12-17(21-3)10-9-15(16)11-14/h4,7-13H,1,5-6H2,2-3H3,(H,19,20)/t13-/m1/s1. The SMILES string of the molecule is C=CCCC(=O)N[C@H](C)c1ccc2cc(OC)ccc2c1. The number of nitrogens with one attached hydrogen (secondary N) is 1. The van der Waals surface area contributed by atoms with Crippen molar-refractivity contribution in [1.82, 2.24) is 5.32 Å². The molecule has 0 radical (unpaired) electrons. The largest absolute Gasteiger partial charge is 0.497 e. The number of hydrogen-bond donors (Lipinski definition) is 1. The van der Waals surface area contributed by atoms with Crippen LogP contribution in [-0.2, 0) is 4.79 Å². The molecule has 0 spiro atoms. The quantitative estimate of drug-likeness (QED) is 0.814. The molecule has 2 rings (SSSR count). The lowest BCUT2D eigenvalue weighted by Crippen LogP contribution is -2.26. The van der Waals surface area contributed by atoms with Crippen LogP contribution in [0, 0.1) is 0 Å². The zero-order valence-electron chi connectivity index (χ0n) is 12.6. The van der Waals surface area contributed by atoms with Crippen LogP contribution in [-0.4, -0.2) is 13.0 Å². The van der Waals surface area contributed by atoms with E-state index >= 15 is 0 Å². The summed E-state index contributed by atoms with van der Waals surface area (Å²) in [5, 5.41) is 5.27. The first kappa shape index (κ1) is 15.1. The summed E-state index contributed by atoms with van der Waals surface area (Å²) in [7, 11) is 1.66. The minimum atomic E-state index is -0.00573. The van der Waals surface area contributed by atoms with Gasteiger partial charge in [0.2, 0.25) is 5.91 Å². The molecular weight excluding hydrogens is 262 g/mol. The highest BCUT2D eigenvalue weighted by Crippen LogP contribution is 2.24. The fraction of sp³-hybridized carbons (Fsp3) is 0.278. The number of amides is 1. The zero-order valence-corrected chi connectivity index (χ0v) is 12.6. The van der Waals surface area contributed by atoms with Gasteiger partial charge >= 0.3 is 0 Å². The maximum Gasteiger partial charge on any atom is 0.220 e. The lowest BCUT2D eigenvalue weighted by Gasteiger charge is -2.15. The number of methoxy groups -OCH3 is 1. The monoisotopic (exact) mass is 283 g/mol. The van der Waals surface area contributed by atoms with Gasteiger partial charge in [0.05, 0.1) is 13.2 Å². The second kappa shape index (κ2) is 6.93. The lowest BCUT2D eigenvalue weighted by molar-refractivity contribution is -0.121.